The van der Waals surface area contributed by atoms with Crippen LogP contribution in [0.5, 0.6) is 0 Å². The first-order valence-electron chi connectivity index (χ1n) is 7.65. The van der Waals surface area contributed by atoms with E-state index in [2.05, 4.69) is 33.2 Å². The number of aromatic nitrogens is 2. The second kappa shape index (κ2) is 7.35. The predicted octanol–water partition coefficient (Wildman–Crippen LogP) is 2.38. The molecule has 6 heteroatoms. The number of fused-ring (bicyclic) bond motifs is 1. The molecule has 2 aromatic heterocycles. The lowest BCUT2D eigenvalue weighted by Crippen LogP contribution is -2.19. The van der Waals surface area contributed by atoms with Gasteiger partial charge in [-0.2, -0.15) is 0 Å². The summed E-state index contributed by atoms with van der Waals surface area (Å²) in [4.78, 5) is 5.62. The molecule has 1 N–H and O–H groups in total. The van der Waals surface area contributed by atoms with Crippen molar-refractivity contribution >= 4 is 16.3 Å². The Bertz CT molecular complexity index is 560. The van der Waals surface area contributed by atoms with E-state index in [0.29, 0.717) is 6.10 Å². The first-order chi connectivity index (χ1) is 10.3. The van der Waals surface area contributed by atoms with Crippen molar-refractivity contribution in [2.24, 2.45) is 0 Å². The summed E-state index contributed by atoms with van der Waals surface area (Å²) in [5.41, 5.74) is 2.37. The highest BCUT2D eigenvalue weighted by atomic mass is 32.1. The lowest BCUT2D eigenvalue weighted by Gasteiger charge is -2.10. The van der Waals surface area contributed by atoms with E-state index >= 15 is 0 Å². The Kier molecular flexibility index (Phi) is 5.24. The topological polar surface area (TPSA) is 47.8 Å². The number of imidazole rings is 1. The molecule has 0 aromatic carbocycles. The molecule has 1 aliphatic heterocycles. The molecule has 3 heterocycles. The largest absolute Gasteiger partial charge is 0.379 e. The van der Waals surface area contributed by atoms with E-state index in [-0.39, 0.29) is 0 Å². The minimum atomic E-state index is 0.333. The molecule has 3 rings (SSSR count). The summed E-state index contributed by atoms with van der Waals surface area (Å²) in [6, 6.07) is 0. The standard InChI is InChI=1S/C15H23N3O2S/c1-12-14(18-6-9-21-15(18)17-12)10-16-5-3-7-19-11-13-4-2-8-20-13/h6,9,13,16H,2-5,7-8,10-11H2,1H3. The SMILES string of the molecule is Cc1nc2sccn2c1CNCCCOCC1CCCO1. The van der Waals surface area contributed by atoms with Crippen LogP contribution in [0.1, 0.15) is 30.7 Å². The quantitative estimate of drug-likeness (QED) is 0.761. The summed E-state index contributed by atoms with van der Waals surface area (Å²) in [7, 11) is 0. The van der Waals surface area contributed by atoms with Gasteiger partial charge in [0, 0.05) is 31.3 Å². The summed E-state index contributed by atoms with van der Waals surface area (Å²) in [5, 5.41) is 5.55. The molecule has 1 atom stereocenters. The van der Waals surface area contributed by atoms with Crippen LogP contribution in [0.15, 0.2) is 11.6 Å². The smallest absolute Gasteiger partial charge is 0.194 e. The number of rotatable bonds is 8. The fraction of sp³-hybridized carbons (Fsp3) is 0.667. The minimum absolute atomic E-state index is 0.333. The second-order valence-corrected chi connectivity index (χ2v) is 6.31. The fourth-order valence-corrected chi connectivity index (χ4v) is 3.43. The Morgan fingerprint density at radius 1 is 1.57 bits per heavy atom. The monoisotopic (exact) mass is 309 g/mol. The van der Waals surface area contributed by atoms with Gasteiger partial charge in [-0.25, -0.2) is 4.98 Å². The summed E-state index contributed by atoms with van der Waals surface area (Å²) < 4.78 is 13.3. The molecule has 0 amide bonds. The van der Waals surface area contributed by atoms with Crippen LogP contribution in [0.25, 0.3) is 4.96 Å². The highest BCUT2D eigenvalue weighted by Gasteiger charge is 2.14. The zero-order valence-corrected chi connectivity index (χ0v) is 13.3. The summed E-state index contributed by atoms with van der Waals surface area (Å²) in [6.45, 7) is 6.33. The molecular weight excluding hydrogens is 286 g/mol. The van der Waals surface area contributed by atoms with Crippen LogP contribution in [-0.4, -0.2) is 41.9 Å². The highest BCUT2D eigenvalue weighted by molar-refractivity contribution is 7.15. The third kappa shape index (κ3) is 3.83. The van der Waals surface area contributed by atoms with Crippen LogP contribution in [0.3, 0.4) is 0 Å². The molecule has 1 fully saturated rings. The van der Waals surface area contributed by atoms with Gasteiger partial charge < -0.3 is 14.8 Å². The molecule has 116 valence electrons. The normalized spacial score (nSPS) is 18.8. The average molecular weight is 309 g/mol. The number of hydrogen-bond donors (Lipinski definition) is 1. The van der Waals surface area contributed by atoms with Gasteiger partial charge in [-0.05, 0) is 32.7 Å². The molecule has 1 aliphatic rings. The maximum atomic E-state index is 5.66. The molecule has 5 nitrogen and oxygen atoms in total. The minimum Gasteiger partial charge on any atom is -0.379 e. The third-order valence-electron chi connectivity index (χ3n) is 3.82. The molecule has 1 unspecified atom stereocenters. The Hall–Kier alpha value is -0.950. The van der Waals surface area contributed by atoms with Crippen molar-refractivity contribution in [2.45, 2.75) is 38.8 Å². The van der Waals surface area contributed by atoms with Crippen LogP contribution in [0.4, 0.5) is 0 Å². The average Bonchev–Trinajstić information content (AvgIpc) is 3.17. The van der Waals surface area contributed by atoms with Gasteiger partial charge in [0.15, 0.2) is 4.96 Å². The molecule has 2 aromatic rings. The first kappa shape index (κ1) is 15.0. The van der Waals surface area contributed by atoms with Crippen molar-refractivity contribution in [3.8, 4) is 0 Å². The number of nitrogens with zero attached hydrogens (tertiary/aromatic N) is 2. The maximum absolute atomic E-state index is 5.66. The Morgan fingerprint density at radius 2 is 2.52 bits per heavy atom. The van der Waals surface area contributed by atoms with Gasteiger partial charge in [-0.3, -0.25) is 4.40 Å². The molecule has 0 saturated carbocycles. The molecule has 0 radical (unpaired) electrons. The van der Waals surface area contributed by atoms with E-state index in [1.165, 1.54) is 12.1 Å². The summed E-state index contributed by atoms with van der Waals surface area (Å²) in [5.74, 6) is 0. The lowest BCUT2D eigenvalue weighted by atomic mass is 10.2. The van der Waals surface area contributed by atoms with Crippen LogP contribution in [0.2, 0.25) is 0 Å². The van der Waals surface area contributed by atoms with Gasteiger partial charge in [-0.1, -0.05) is 0 Å². The van der Waals surface area contributed by atoms with Crippen LogP contribution in [0, 0.1) is 6.92 Å². The van der Waals surface area contributed by atoms with Crippen LogP contribution >= 0.6 is 11.3 Å². The molecule has 0 spiro atoms. The number of thiazole rings is 1. The van der Waals surface area contributed by atoms with Crippen molar-refractivity contribution in [2.75, 3.05) is 26.4 Å². The highest BCUT2D eigenvalue weighted by Crippen LogP contribution is 2.16. The second-order valence-electron chi connectivity index (χ2n) is 5.44. The molecule has 0 bridgehead atoms. The Morgan fingerprint density at radius 3 is 3.38 bits per heavy atom. The van der Waals surface area contributed by atoms with Crippen molar-refractivity contribution in [1.82, 2.24) is 14.7 Å². The van der Waals surface area contributed by atoms with Gasteiger partial charge in [0.1, 0.15) is 0 Å². The van der Waals surface area contributed by atoms with Crippen LogP contribution in [-0.2, 0) is 16.0 Å². The van der Waals surface area contributed by atoms with E-state index < -0.39 is 0 Å². The van der Waals surface area contributed by atoms with Gasteiger partial charge in [0.25, 0.3) is 0 Å². The van der Waals surface area contributed by atoms with E-state index in [4.69, 9.17) is 9.47 Å². The van der Waals surface area contributed by atoms with Gasteiger partial charge in [-0.15, -0.1) is 11.3 Å². The van der Waals surface area contributed by atoms with Crippen molar-refractivity contribution in [1.29, 1.82) is 0 Å². The maximum Gasteiger partial charge on any atom is 0.194 e. The van der Waals surface area contributed by atoms with Crippen molar-refractivity contribution in [3.63, 3.8) is 0 Å². The van der Waals surface area contributed by atoms with Gasteiger partial charge >= 0.3 is 0 Å². The molecular formula is C15H23N3O2S. The first-order valence-corrected chi connectivity index (χ1v) is 8.53. The zero-order valence-electron chi connectivity index (χ0n) is 12.5. The Balaban J connectivity index is 1.31. The van der Waals surface area contributed by atoms with E-state index in [0.717, 1.165) is 56.4 Å². The molecule has 0 aliphatic carbocycles. The summed E-state index contributed by atoms with van der Waals surface area (Å²) >= 11 is 1.68. The number of ether oxygens (including phenoxy) is 2. The van der Waals surface area contributed by atoms with Crippen molar-refractivity contribution in [3.05, 3.63) is 23.0 Å². The third-order valence-corrected chi connectivity index (χ3v) is 4.58. The lowest BCUT2D eigenvalue weighted by molar-refractivity contribution is 0.0166. The van der Waals surface area contributed by atoms with Crippen molar-refractivity contribution < 1.29 is 9.47 Å². The van der Waals surface area contributed by atoms with E-state index in [1.807, 2.05) is 0 Å². The number of nitrogens with one attached hydrogen (secondary N) is 1. The van der Waals surface area contributed by atoms with Gasteiger partial charge in [0.2, 0.25) is 0 Å². The van der Waals surface area contributed by atoms with E-state index in [9.17, 15) is 0 Å². The zero-order chi connectivity index (χ0) is 14.5. The number of hydrogen-bond acceptors (Lipinski definition) is 5. The van der Waals surface area contributed by atoms with E-state index in [1.54, 1.807) is 11.3 Å². The Labute approximate surface area is 129 Å². The fourth-order valence-electron chi connectivity index (χ4n) is 2.65. The molecule has 1 saturated heterocycles. The number of aryl methyl sites for hydroxylation is 1. The molecule has 21 heavy (non-hydrogen) atoms. The predicted molar refractivity (Wildman–Crippen MR) is 83.9 cm³/mol. The van der Waals surface area contributed by atoms with Crippen LogP contribution < -0.4 is 5.32 Å². The summed E-state index contributed by atoms with van der Waals surface area (Å²) in [6.07, 6.45) is 5.77. The van der Waals surface area contributed by atoms with Gasteiger partial charge in [0.05, 0.1) is 24.1 Å².